The second-order valence-corrected chi connectivity index (χ2v) is 6.56. The van der Waals surface area contributed by atoms with Gasteiger partial charge in [0.25, 0.3) is 5.69 Å². The third kappa shape index (κ3) is 4.15. The number of ether oxygens (including phenoxy) is 1. The topological polar surface area (TPSA) is 69.4 Å². The summed E-state index contributed by atoms with van der Waals surface area (Å²) < 4.78 is 5.41. The molecule has 0 aliphatic carbocycles. The van der Waals surface area contributed by atoms with Gasteiger partial charge in [0.2, 0.25) is 0 Å². The fourth-order valence-corrected chi connectivity index (χ4v) is 2.82. The van der Waals surface area contributed by atoms with Crippen molar-refractivity contribution in [3.63, 3.8) is 0 Å². The summed E-state index contributed by atoms with van der Waals surface area (Å²) in [5.41, 5.74) is 3.73. The lowest BCUT2D eigenvalue weighted by Crippen LogP contribution is -2.10. The number of nitro benzene ring substituents is 1. The van der Waals surface area contributed by atoms with E-state index in [1.54, 1.807) is 6.07 Å². The molecule has 0 heterocycles. The molecular weight excluding hydrogens is 366 g/mol. The highest BCUT2D eigenvalue weighted by atomic mass is 35.5. The van der Waals surface area contributed by atoms with Gasteiger partial charge in [0.05, 0.1) is 15.5 Å². The summed E-state index contributed by atoms with van der Waals surface area (Å²) in [7, 11) is 0. The predicted octanol–water partition coefficient (Wildman–Crippen LogP) is 5.75. The summed E-state index contributed by atoms with van der Waals surface area (Å²) in [6.07, 6.45) is 0. The third-order valence-corrected chi connectivity index (χ3v) is 4.47. The first kappa shape index (κ1) is 18.6. The molecule has 0 unspecified atom stereocenters. The van der Waals surface area contributed by atoms with Gasteiger partial charge in [-0.3, -0.25) is 10.1 Å². The van der Waals surface area contributed by atoms with Gasteiger partial charge >= 0.3 is 5.97 Å². The first-order chi connectivity index (χ1) is 12.8. The van der Waals surface area contributed by atoms with E-state index in [9.17, 15) is 14.9 Å². The van der Waals surface area contributed by atoms with Crippen LogP contribution in [0.5, 0.6) is 5.75 Å². The van der Waals surface area contributed by atoms with Crippen molar-refractivity contribution in [1.82, 2.24) is 0 Å². The van der Waals surface area contributed by atoms with Gasteiger partial charge in [-0.1, -0.05) is 47.5 Å². The maximum absolute atomic E-state index is 12.4. The summed E-state index contributed by atoms with van der Waals surface area (Å²) in [6.45, 7) is 3.85. The standard InChI is InChI=1S/C21H16ClNO4/c1-13-3-5-15(6-4-13)16-7-10-20(14(2)11-16)27-21(24)18-12-17(23(25)26)8-9-19(18)22/h3-12H,1-2H3. The van der Waals surface area contributed by atoms with Gasteiger partial charge in [0.15, 0.2) is 0 Å². The monoisotopic (exact) mass is 381 g/mol. The lowest BCUT2D eigenvalue weighted by molar-refractivity contribution is -0.384. The number of non-ortho nitro benzene ring substituents is 1. The van der Waals surface area contributed by atoms with Crippen LogP contribution in [-0.2, 0) is 0 Å². The van der Waals surface area contributed by atoms with Crippen molar-refractivity contribution in [2.24, 2.45) is 0 Å². The molecule has 0 bridgehead atoms. The molecule has 136 valence electrons. The van der Waals surface area contributed by atoms with Gasteiger partial charge in [0.1, 0.15) is 5.75 Å². The smallest absolute Gasteiger partial charge is 0.345 e. The number of carbonyl (C=O) groups is 1. The summed E-state index contributed by atoms with van der Waals surface area (Å²) in [4.78, 5) is 22.7. The lowest BCUT2D eigenvalue weighted by atomic mass is 10.0. The minimum atomic E-state index is -0.741. The van der Waals surface area contributed by atoms with E-state index in [1.165, 1.54) is 17.7 Å². The Kier molecular flexibility index (Phi) is 5.23. The van der Waals surface area contributed by atoms with E-state index in [4.69, 9.17) is 16.3 Å². The SMILES string of the molecule is Cc1ccc(-c2ccc(OC(=O)c3cc([N+](=O)[O-])ccc3Cl)c(C)c2)cc1. The van der Waals surface area contributed by atoms with Crippen molar-refractivity contribution in [2.75, 3.05) is 0 Å². The molecule has 0 aromatic heterocycles. The molecule has 3 aromatic rings. The second-order valence-electron chi connectivity index (χ2n) is 6.16. The number of aryl methyl sites for hydroxylation is 2. The number of halogens is 1. The quantitative estimate of drug-likeness (QED) is 0.249. The lowest BCUT2D eigenvalue weighted by Gasteiger charge is -2.10. The number of carbonyl (C=O) groups excluding carboxylic acids is 1. The molecule has 0 aliphatic rings. The average molecular weight is 382 g/mol. The number of rotatable bonds is 4. The van der Waals surface area contributed by atoms with Crippen LogP contribution in [0.3, 0.4) is 0 Å². The van der Waals surface area contributed by atoms with Crippen molar-refractivity contribution in [3.8, 4) is 16.9 Å². The van der Waals surface area contributed by atoms with Crippen molar-refractivity contribution < 1.29 is 14.5 Å². The maximum atomic E-state index is 12.4. The molecule has 0 radical (unpaired) electrons. The average Bonchev–Trinajstić information content (AvgIpc) is 2.64. The zero-order chi connectivity index (χ0) is 19.6. The van der Waals surface area contributed by atoms with Crippen LogP contribution in [-0.4, -0.2) is 10.9 Å². The summed E-state index contributed by atoms with van der Waals surface area (Å²) in [5.74, 6) is -0.367. The predicted molar refractivity (Wildman–Crippen MR) is 104 cm³/mol. The molecule has 6 heteroatoms. The van der Waals surface area contributed by atoms with Crippen LogP contribution >= 0.6 is 11.6 Å². The highest BCUT2D eigenvalue weighted by molar-refractivity contribution is 6.33. The first-order valence-electron chi connectivity index (χ1n) is 8.19. The van der Waals surface area contributed by atoms with Crippen LogP contribution in [0.15, 0.2) is 60.7 Å². The molecular formula is C21H16ClNO4. The van der Waals surface area contributed by atoms with E-state index in [1.807, 2.05) is 50.2 Å². The summed E-state index contributed by atoms with van der Waals surface area (Å²) in [6, 6.07) is 17.2. The normalized spacial score (nSPS) is 10.5. The number of hydrogen-bond acceptors (Lipinski definition) is 4. The molecule has 0 aliphatic heterocycles. The minimum absolute atomic E-state index is 0.0483. The van der Waals surface area contributed by atoms with E-state index >= 15 is 0 Å². The zero-order valence-electron chi connectivity index (χ0n) is 14.7. The second kappa shape index (κ2) is 7.60. The van der Waals surface area contributed by atoms with Crippen molar-refractivity contribution >= 4 is 23.3 Å². The van der Waals surface area contributed by atoms with E-state index < -0.39 is 10.9 Å². The van der Waals surface area contributed by atoms with Crippen LogP contribution in [0.4, 0.5) is 5.69 Å². The zero-order valence-corrected chi connectivity index (χ0v) is 15.5. The van der Waals surface area contributed by atoms with Crippen molar-refractivity contribution in [2.45, 2.75) is 13.8 Å². The molecule has 3 rings (SSSR count). The third-order valence-electron chi connectivity index (χ3n) is 4.14. The fraction of sp³-hybridized carbons (Fsp3) is 0.0952. The Labute approximate surface area is 161 Å². The van der Waals surface area contributed by atoms with Crippen LogP contribution in [0.25, 0.3) is 11.1 Å². The fourth-order valence-electron chi connectivity index (χ4n) is 2.63. The summed E-state index contributed by atoms with van der Waals surface area (Å²) >= 11 is 6.00. The number of esters is 1. The maximum Gasteiger partial charge on any atom is 0.345 e. The van der Waals surface area contributed by atoms with E-state index in [0.717, 1.165) is 22.8 Å². The van der Waals surface area contributed by atoms with E-state index in [-0.39, 0.29) is 16.3 Å². The van der Waals surface area contributed by atoms with Gasteiger partial charge in [-0.25, -0.2) is 4.79 Å². The molecule has 0 amide bonds. The Bertz CT molecular complexity index is 1030. The molecule has 5 nitrogen and oxygen atoms in total. The molecule has 27 heavy (non-hydrogen) atoms. The Hall–Kier alpha value is -3.18. The highest BCUT2D eigenvalue weighted by Gasteiger charge is 2.18. The number of benzene rings is 3. The Morgan fingerprint density at radius 2 is 1.63 bits per heavy atom. The van der Waals surface area contributed by atoms with Crippen LogP contribution in [0.2, 0.25) is 5.02 Å². The largest absolute Gasteiger partial charge is 0.423 e. The molecule has 0 saturated heterocycles. The molecule has 0 saturated carbocycles. The van der Waals surface area contributed by atoms with Crippen molar-refractivity contribution in [3.05, 3.63) is 92.5 Å². The molecule has 0 fully saturated rings. The number of hydrogen-bond donors (Lipinski definition) is 0. The van der Waals surface area contributed by atoms with Crippen LogP contribution < -0.4 is 4.74 Å². The van der Waals surface area contributed by atoms with Gasteiger partial charge in [-0.15, -0.1) is 0 Å². The van der Waals surface area contributed by atoms with Gasteiger partial charge in [0, 0.05) is 12.1 Å². The minimum Gasteiger partial charge on any atom is -0.423 e. The van der Waals surface area contributed by atoms with E-state index in [0.29, 0.717) is 5.75 Å². The number of nitrogens with zero attached hydrogens (tertiary/aromatic N) is 1. The molecule has 3 aromatic carbocycles. The molecule has 0 atom stereocenters. The Morgan fingerprint density at radius 1 is 0.963 bits per heavy atom. The Morgan fingerprint density at radius 3 is 2.26 bits per heavy atom. The molecule has 0 N–H and O–H groups in total. The van der Waals surface area contributed by atoms with Crippen molar-refractivity contribution in [1.29, 1.82) is 0 Å². The number of nitro groups is 1. The van der Waals surface area contributed by atoms with E-state index in [2.05, 4.69) is 0 Å². The van der Waals surface area contributed by atoms with Gasteiger partial charge in [-0.05, 0) is 48.7 Å². The summed E-state index contributed by atoms with van der Waals surface area (Å²) in [5, 5.41) is 11.0. The highest BCUT2D eigenvalue weighted by Crippen LogP contribution is 2.28. The Balaban J connectivity index is 1.86. The van der Waals surface area contributed by atoms with Crippen LogP contribution in [0.1, 0.15) is 21.5 Å². The van der Waals surface area contributed by atoms with Gasteiger partial charge in [-0.2, -0.15) is 0 Å². The first-order valence-corrected chi connectivity index (χ1v) is 8.57. The van der Waals surface area contributed by atoms with Gasteiger partial charge < -0.3 is 4.74 Å². The molecule has 0 spiro atoms. The van der Waals surface area contributed by atoms with Crippen LogP contribution in [0, 0.1) is 24.0 Å².